The summed E-state index contributed by atoms with van der Waals surface area (Å²) in [6, 6.07) is 4.23. The molecule has 22 heavy (non-hydrogen) atoms. The third-order valence-electron chi connectivity index (χ3n) is 3.85. The molecule has 1 aromatic rings. The molecule has 0 bridgehead atoms. The number of nitrogens with zero attached hydrogens (tertiary/aromatic N) is 1. The Labute approximate surface area is 129 Å². The normalized spacial score (nSPS) is 17.1. The van der Waals surface area contributed by atoms with Gasteiger partial charge in [-0.25, -0.2) is 4.39 Å². The van der Waals surface area contributed by atoms with Crippen molar-refractivity contribution in [1.29, 1.82) is 0 Å². The van der Waals surface area contributed by atoms with Gasteiger partial charge in [0.2, 0.25) is 11.8 Å². The Kier molecular flexibility index (Phi) is 5.49. The molecule has 0 aromatic heterocycles. The van der Waals surface area contributed by atoms with Gasteiger partial charge in [0.25, 0.3) is 0 Å². The van der Waals surface area contributed by atoms with Crippen molar-refractivity contribution in [2.24, 2.45) is 0 Å². The van der Waals surface area contributed by atoms with Crippen LogP contribution in [0.25, 0.3) is 0 Å². The van der Waals surface area contributed by atoms with Crippen molar-refractivity contribution in [2.45, 2.75) is 38.3 Å². The number of rotatable bonds is 5. The minimum Gasteiger partial charge on any atom is -0.386 e. The molecule has 1 saturated heterocycles. The molecule has 2 amide bonds. The molecule has 1 aromatic carbocycles. The fraction of sp³-hybridized carbons (Fsp3) is 0.500. The van der Waals surface area contributed by atoms with Crippen LogP contribution in [0, 0.1) is 5.82 Å². The smallest absolute Gasteiger partial charge is 0.248 e. The first-order valence-corrected chi connectivity index (χ1v) is 7.54. The summed E-state index contributed by atoms with van der Waals surface area (Å²) >= 11 is 0. The van der Waals surface area contributed by atoms with Crippen LogP contribution in [0.4, 0.5) is 4.39 Å². The maximum atomic E-state index is 13.0. The molecule has 1 aliphatic heterocycles. The first-order valence-electron chi connectivity index (χ1n) is 7.54. The highest BCUT2D eigenvalue weighted by Gasteiger charge is 2.33. The van der Waals surface area contributed by atoms with Gasteiger partial charge in [-0.05, 0) is 30.5 Å². The number of halogens is 1. The maximum Gasteiger partial charge on any atom is 0.248 e. The summed E-state index contributed by atoms with van der Waals surface area (Å²) < 4.78 is 13.0. The summed E-state index contributed by atoms with van der Waals surface area (Å²) in [5.74, 6) is -1.02. The standard InChI is InChI=1S/C16H21FN2O3/c1-2-13(20)18-14(16(22)19-9-3-4-10-19)15(21)11-5-7-12(17)8-6-11/h5-8,14-15,21H,2-4,9-10H2,1H3,(H,18,20). The number of nitrogens with one attached hydrogen (secondary N) is 1. The van der Waals surface area contributed by atoms with Crippen LogP contribution in [-0.4, -0.2) is 41.0 Å². The molecular weight excluding hydrogens is 287 g/mol. The van der Waals surface area contributed by atoms with Crippen LogP contribution >= 0.6 is 0 Å². The van der Waals surface area contributed by atoms with E-state index in [1.807, 2.05) is 0 Å². The zero-order chi connectivity index (χ0) is 16.1. The molecule has 2 N–H and O–H groups in total. The van der Waals surface area contributed by atoms with E-state index in [-0.39, 0.29) is 18.2 Å². The van der Waals surface area contributed by atoms with Gasteiger partial charge in [0.1, 0.15) is 18.0 Å². The van der Waals surface area contributed by atoms with E-state index in [0.29, 0.717) is 18.7 Å². The number of benzene rings is 1. The second-order valence-corrected chi connectivity index (χ2v) is 5.43. The summed E-state index contributed by atoms with van der Waals surface area (Å²) in [6.07, 6.45) is 0.865. The van der Waals surface area contributed by atoms with E-state index in [4.69, 9.17) is 0 Å². The van der Waals surface area contributed by atoms with Gasteiger partial charge in [-0.15, -0.1) is 0 Å². The van der Waals surface area contributed by atoms with Gasteiger partial charge in [0.15, 0.2) is 0 Å². The number of carbonyl (C=O) groups excluding carboxylic acids is 2. The fourth-order valence-electron chi connectivity index (χ4n) is 2.54. The van der Waals surface area contributed by atoms with Crippen LogP contribution in [0.1, 0.15) is 37.9 Å². The molecule has 1 fully saturated rings. The molecule has 0 radical (unpaired) electrons. The van der Waals surface area contributed by atoms with Crippen molar-refractivity contribution >= 4 is 11.8 Å². The van der Waals surface area contributed by atoms with Gasteiger partial charge in [0.05, 0.1) is 0 Å². The van der Waals surface area contributed by atoms with Crippen molar-refractivity contribution < 1.29 is 19.1 Å². The number of hydrogen-bond donors (Lipinski definition) is 2. The van der Waals surface area contributed by atoms with E-state index in [1.165, 1.54) is 24.3 Å². The molecule has 120 valence electrons. The van der Waals surface area contributed by atoms with Gasteiger partial charge in [-0.3, -0.25) is 9.59 Å². The third kappa shape index (κ3) is 3.82. The Morgan fingerprint density at radius 1 is 1.27 bits per heavy atom. The van der Waals surface area contributed by atoms with E-state index < -0.39 is 18.0 Å². The zero-order valence-corrected chi connectivity index (χ0v) is 12.6. The second kappa shape index (κ2) is 7.35. The Balaban J connectivity index is 2.20. The topological polar surface area (TPSA) is 69.6 Å². The molecule has 6 heteroatoms. The highest BCUT2D eigenvalue weighted by molar-refractivity contribution is 5.88. The molecule has 2 rings (SSSR count). The second-order valence-electron chi connectivity index (χ2n) is 5.43. The van der Waals surface area contributed by atoms with Crippen LogP contribution in [0.3, 0.4) is 0 Å². The Bertz CT molecular complexity index is 527. The van der Waals surface area contributed by atoms with Crippen LogP contribution in [-0.2, 0) is 9.59 Å². The first kappa shape index (κ1) is 16.4. The van der Waals surface area contributed by atoms with E-state index in [9.17, 15) is 19.1 Å². The maximum absolute atomic E-state index is 13.0. The minimum absolute atomic E-state index is 0.222. The molecule has 5 nitrogen and oxygen atoms in total. The number of hydrogen-bond acceptors (Lipinski definition) is 3. The van der Waals surface area contributed by atoms with E-state index in [2.05, 4.69) is 5.32 Å². The molecule has 1 aliphatic rings. The average Bonchev–Trinajstić information content (AvgIpc) is 3.06. The SMILES string of the molecule is CCC(=O)NC(C(=O)N1CCCC1)C(O)c1ccc(F)cc1. The van der Waals surface area contributed by atoms with E-state index in [0.717, 1.165) is 12.8 Å². The first-order chi connectivity index (χ1) is 10.5. The summed E-state index contributed by atoms with van der Waals surface area (Å²) in [4.78, 5) is 25.9. The number of likely N-dealkylation sites (tertiary alicyclic amines) is 1. The van der Waals surface area contributed by atoms with Gasteiger partial charge < -0.3 is 15.3 Å². The van der Waals surface area contributed by atoms with Gasteiger partial charge >= 0.3 is 0 Å². The largest absolute Gasteiger partial charge is 0.386 e. The number of aliphatic hydroxyl groups is 1. The molecule has 1 heterocycles. The van der Waals surface area contributed by atoms with Crippen molar-refractivity contribution in [3.63, 3.8) is 0 Å². The third-order valence-corrected chi connectivity index (χ3v) is 3.85. The summed E-state index contributed by atoms with van der Waals surface area (Å²) in [7, 11) is 0. The minimum atomic E-state index is -1.20. The predicted octanol–water partition coefficient (Wildman–Crippen LogP) is 1.38. The highest BCUT2D eigenvalue weighted by atomic mass is 19.1. The Hall–Kier alpha value is -1.95. The molecule has 0 spiro atoms. The van der Waals surface area contributed by atoms with Crippen LogP contribution in [0.15, 0.2) is 24.3 Å². The lowest BCUT2D eigenvalue weighted by Gasteiger charge is -2.27. The van der Waals surface area contributed by atoms with Gasteiger partial charge in [-0.2, -0.15) is 0 Å². The lowest BCUT2D eigenvalue weighted by atomic mass is 10.0. The van der Waals surface area contributed by atoms with Crippen LogP contribution in [0.5, 0.6) is 0 Å². The monoisotopic (exact) mass is 308 g/mol. The fourth-order valence-corrected chi connectivity index (χ4v) is 2.54. The summed E-state index contributed by atoms with van der Waals surface area (Å²) in [5.41, 5.74) is 0.398. The predicted molar refractivity (Wildman–Crippen MR) is 79.4 cm³/mol. The average molecular weight is 308 g/mol. The van der Waals surface area contributed by atoms with Crippen LogP contribution < -0.4 is 5.32 Å². The molecular formula is C16H21FN2O3. The summed E-state index contributed by atoms with van der Waals surface area (Å²) in [6.45, 7) is 2.94. The van der Waals surface area contributed by atoms with E-state index in [1.54, 1.807) is 11.8 Å². The lowest BCUT2D eigenvalue weighted by molar-refractivity contribution is -0.138. The number of aliphatic hydroxyl groups excluding tert-OH is 1. The Morgan fingerprint density at radius 2 is 1.86 bits per heavy atom. The number of carbonyl (C=O) groups is 2. The Morgan fingerprint density at radius 3 is 2.41 bits per heavy atom. The molecule has 0 saturated carbocycles. The lowest BCUT2D eigenvalue weighted by Crippen LogP contribution is -2.50. The van der Waals surface area contributed by atoms with Crippen molar-refractivity contribution in [1.82, 2.24) is 10.2 Å². The van der Waals surface area contributed by atoms with Gasteiger partial charge in [0, 0.05) is 19.5 Å². The van der Waals surface area contributed by atoms with E-state index >= 15 is 0 Å². The van der Waals surface area contributed by atoms with Crippen molar-refractivity contribution in [3.8, 4) is 0 Å². The van der Waals surface area contributed by atoms with Crippen LogP contribution in [0.2, 0.25) is 0 Å². The van der Waals surface area contributed by atoms with Crippen molar-refractivity contribution in [2.75, 3.05) is 13.1 Å². The van der Waals surface area contributed by atoms with Gasteiger partial charge in [-0.1, -0.05) is 19.1 Å². The number of amides is 2. The molecule has 0 aliphatic carbocycles. The van der Waals surface area contributed by atoms with Crippen molar-refractivity contribution in [3.05, 3.63) is 35.6 Å². The quantitative estimate of drug-likeness (QED) is 0.863. The highest BCUT2D eigenvalue weighted by Crippen LogP contribution is 2.21. The molecule has 2 unspecified atom stereocenters. The molecule has 2 atom stereocenters. The zero-order valence-electron chi connectivity index (χ0n) is 12.6. The summed E-state index contributed by atoms with van der Waals surface area (Å²) in [5, 5.41) is 13.0.